The summed E-state index contributed by atoms with van der Waals surface area (Å²) < 4.78 is 3.76. The Labute approximate surface area is 172 Å². The van der Waals surface area contributed by atoms with Crippen molar-refractivity contribution < 1.29 is 4.79 Å². The summed E-state index contributed by atoms with van der Waals surface area (Å²) in [5, 5.41) is 7.35. The van der Waals surface area contributed by atoms with E-state index in [0.29, 0.717) is 12.2 Å². The molecule has 0 aromatic carbocycles. The Bertz CT molecular complexity index is 1310. The zero-order valence-electron chi connectivity index (χ0n) is 16.0. The van der Waals surface area contributed by atoms with Crippen molar-refractivity contribution in [3.63, 3.8) is 0 Å². The molecule has 30 heavy (non-hydrogen) atoms. The van der Waals surface area contributed by atoms with Crippen molar-refractivity contribution in [3.05, 3.63) is 103 Å². The van der Waals surface area contributed by atoms with E-state index in [0.717, 1.165) is 28.0 Å². The summed E-state index contributed by atoms with van der Waals surface area (Å²) in [6, 6.07) is 17.5. The van der Waals surface area contributed by atoms with Crippen LogP contribution in [-0.2, 0) is 6.54 Å². The molecule has 0 unspecified atom stereocenters. The Morgan fingerprint density at radius 2 is 1.73 bits per heavy atom. The first-order valence-corrected chi connectivity index (χ1v) is 9.52. The first kappa shape index (κ1) is 17.8. The van der Waals surface area contributed by atoms with Crippen LogP contribution < -0.4 is 5.32 Å². The molecule has 0 saturated heterocycles. The van der Waals surface area contributed by atoms with Crippen molar-refractivity contribution in [2.24, 2.45) is 0 Å². The third-order valence-electron chi connectivity index (χ3n) is 4.86. The minimum absolute atomic E-state index is 0.227. The predicted molar refractivity (Wildman–Crippen MR) is 113 cm³/mol. The first-order valence-electron chi connectivity index (χ1n) is 9.52. The molecule has 146 valence electrons. The van der Waals surface area contributed by atoms with E-state index in [9.17, 15) is 4.79 Å². The van der Waals surface area contributed by atoms with Gasteiger partial charge in [-0.15, -0.1) is 0 Å². The molecular formula is C23H18N6O. The minimum Gasteiger partial charge on any atom is -0.347 e. The highest BCUT2D eigenvalue weighted by Crippen LogP contribution is 2.22. The van der Waals surface area contributed by atoms with Crippen LogP contribution in [0.5, 0.6) is 0 Å². The Hall–Kier alpha value is -4.26. The second kappa shape index (κ2) is 7.63. The van der Waals surface area contributed by atoms with Crippen LogP contribution in [0.1, 0.15) is 16.1 Å². The Balaban J connectivity index is 1.41. The number of amides is 1. The maximum atomic E-state index is 12.5. The zero-order chi connectivity index (χ0) is 20.3. The van der Waals surface area contributed by atoms with Gasteiger partial charge in [0.25, 0.3) is 5.91 Å². The summed E-state index contributed by atoms with van der Waals surface area (Å²) in [5.41, 5.74) is 4.42. The van der Waals surface area contributed by atoms with Crippen LogP contribution in [0.4, 0.5) is 0 Å². The van der Waals surface area contributed by atoms with Crippen LogP contribution in [0.3, 0.4) is 0 Å². The predicted octanol–water partition coefficient (Wildman–Crippen LogP) is 3.51. The number of pyridine rings is 3. The normalized spacial score (nSPS) is 10.9. The second-order valence-corrected chi connectivity index (χ2v) is 6.84. The molecular weight excluding hydrogens is 376 g/mol. The fourth-order valence-electron chi connectivity index (χ4n) is 3.33. The topological polar surface area (TPSA) is 77.1 Å². The second-order valence-electron chi connectivity index (χ2n) is 6.84. The Kier molecular flexibility index (Phi) is 4.53. The smallest absolute Gasteiger partial charge is 0.272 e. The van der Waals surface area contributed by atoms with Gasteiger partial charge in [-0.05, 0) is 47.5 Å². The Morgan fingerprint density at radius 1 is 0.900 bits per heavy atom. The first-order chi connectivity index (χ1) is 14.8. The van der Waals surface area contributed by atoms with E-state index in [1.54, 1.807) is 35.5 Å². The van der Waals surface area contributed by atoms with Gasteiger partial charge in [0.05, 0.1) is 0 Å². The summed E-state index contributed by atoms with van der Waals surface area (Å²) in [6.45, 7) is 0.405. The van der Waals surface area contributed by atoms with Gasteiger partial charge in [0.2, 0.25) is 0 Å². The quantitative estimate of drug-likeness (QED) is 0.495. The number of hydrogen-bond donors (Lipinski definition) is 1. The van der Waals surface area contributed by atoms with E-state index >= 15 is 0 Å². The zero-order valence-corrected chi connectivity index (χ0v) is 16.0. The van der Waals surface area contributed by atoms with Crippen molar-refractivity contribution in [2.45, 2.75) is 6.54 Å². The van der Waals surface area contributed by atoms with Gasteiger partial charge in [-0.3, -0.25) is 14.8 Å². The largest absolute Gasteiger partial charge is 0.347 e. The van der Waals surface area contributed by atoms with Gasteiger partial charge in [-0.1, -0.05) is 18.2 Å². The molecule has 7 heteroatoms. The number of fused-ring (bicyclic) bond motifs is 1. The number of carbonyl (C=O) groups excluding carboxylic acids is 1. The average Bonchev–Trinajstić information content (AvgIpc) is 3.45. The highest BCUT2D eigenvalue weighted by atomic mass is 16.1. The van der Waals surface area contributed by atoms with E-state index in [1.165, 1.54) is 0 Å². The van der Waals surface area contributed by atoms with E-state index in [1.807, 2.05) is 53.2 Å². The van der Waals surface area contributed by atoms with Gasteiger partial charge in [0, 0.05) is 54.8 Å². The third-order valence-corrected chi connectivity index (χ3v) is 4.86. The van der Waals surface area contributed by atoms with Gasteiger partial charge in [0.1, 0.15) is 5.82 Å². The number of rotatable bonds is 5. The molecule has 0 aliphatic rings. The fourth-order valence-corrected chi connectivity index (χ4v) is 3.33. The van der Waals surface area contributed by atoms with Crippen molar-refractivity contribution in [2.75, 3.05) is 0 Å². The standard InChI is InChI=1S/C23H18N6O/c30-23(26-14-17-3-1-10-24-13-17)21-9-12-29(27-21)22-8-7-20-6-5-19(16-28(20)22)18-4-2-11-25-15-18/h1-13,15-16H,14H2,(H,26,30). The maximum absolute atomic E-state index is 12.5. The summed E-state index contributed by atoms with van der Waals surface area (Å²) >= 11 is 0. The van der Waals surface area contributed by atoms with Crippen molar-refractivity contribution in [1.82, 2.24) is 29.5 Å². The van der Waals surface area contributed by atoms with Gasteiger partial charge in [-0.2, -0.15) is 5.10 Å². The molecule has 0 atom stereocenters. The molecule has 5 rings (SSSR count). The van der Waals surface area contributed by atoms with Crippen LogP contribution in [0.25, 0.3) is 22.5 Å². The number of nitrogens with zero attached hydrogens (tertiary/aromatic N) is 5. The number of aromatic nitrogens is 5. The summed E-state index contributed by atoms with van der Waals surface area (Å²) in [5.74, 6) is 0.622. The van der Waals surface area contributed by atoms with E-state index < -0.39 is 0 Å². The van der Waals surface area contributed by atoms with Gasteiger partial charge in [-0.25, -0.2) is 4.68 Å². The van der Waals surface area contributed by atoms with E-state index in [4.69, 9.17) is 0 Å². The van der Waals surface area contributed by atoms with Crippen LogP contribution in [0, 0.1) is 0 Å². The van der Waals surface area contributed by atoms with Gasteiger partial charge < -0.3 is 9.72 Å². The highest BCUT2D eigenvalue weighted by molar-refractivity contribution is 5.92. The lowest BCUT2D eigenvalue weighted by atomic mass is 10.1. The fraction of sp³-hybridized carbons (Fsp3) is 0.0435. The van der Waals surface area contributed by atoms with Crippen molar-refractivity contribution in [1.29, 1.82) is 0 Å². The number of nitrogens with one attached hydrogen (secondary N) is 1. The minimum atomic E-state index is -0.227. The molecule has 5 aromatic rings. The van der Waals surface area contributed by atoms with Crippen molar-refractivity contribution in [3.8, 4) is 16.9 Å². The summed E-state index contributed by atoms with van der Waals surface area (Å²) in [7, 11) is 0. The lowest BCUT2D eigenvalue weighted by molar-refractivity contribution is 0.0945. The molecule has 0 saturated carbocycles. The molecule has 0 spiro atoms. The molecule has 7 nitrogen and oxygen atoms in total. The molecule has 1 amide bonds. The molecule has 5 aromatic heterocycles. The molecule has 0 bridgehead atoms. The lowest BCUT2D eigenvalue weighted by Crippen LogP contribution is -2.23. The van der Waals surface area contributed by atoms with E-state index in [2.05, 4.69) is 32.5 Å². The Morgan fingerprint density at radius 3 is 2.53 bits per heavy atom. The monoisotopic (exact) mass is 394 g/mol. The van der Waals surface area contributed by atoms with Crippen LogP contribution in [0.2, 0.25) is 0 Å². The molecule has 0 fully saturated rings. The summed E-state index contributed by atoms with van der Waals surface area (Å²) in [4.78, 5) is 20.7. The SMILES string of the molecule is O=C(NCc1cccnc1)c1ccn(-c2ccc3ccc(-c4cccnc4)cn23)n1. The third kappa shape index (κ3) is 3.44. The molecule has 0 radical (unpaired) electrons. The van der Waals surface area contributed by atoms with E-state index in [-0.39, 0.29) is 5.91 Å². The van der Waals surface area contributed by atoms with Gasteiger partial charge >= 0.3 is 0 Å². The average molecular weight is 394 g/mol. The number of carbonyl (C=O) groups is 1. The van der Waals surface area contributed by atoms with Gasteiger partial charge in [0.15, 0.2) is 5.69 Å². The van der Waals surface area contributed by atoms with Crippen LogP contribution >= 0.6 is 0 Å². The van der Waals surface area contributed by atoms with Crippen LogP contribution in [-0.4, -0.2) is 30.1 Å². The van der Waals surface area contributed by atoms with Crippen molar-refractivity contribution >= 4 is 11.4 Å². The highest BCUT2D eigenvalue weighted by Gasteiger charge is 2.12. The summed E-state index contributed by atoms with van der Waals surface area (Å²) in [6.07, 6.45) is 10.9. The maximum Gasteiger partial charge on any atom is 0.272 e. The lowest BCUT2D eigenvalue weighted by Gasteiger charge is -2.07. The molecule has 0 aliphatic carbocycles. The molecule has 1 N–H and O–H groups in total. The number of hydrogen-bond acceptors (Lipinski definition) is 4. The molecule has 5 heterocycles. The molecule has 0 aliphatic heterocycles. The van der Waals surface area contributed by atoms with Crippen LogP contribution in [0.15, 0.2) is 91.8 Å².